The molecule has 0 saturated heterocycles. The molecule has 0 radical (unpaired) electrons. The molecule has 3 heterocycles. The maximum atomic E-state index is 4.68. The molecule has 4 rings (SSSR count). The number of nitrogens with one attached hydrogen (secondary N) is 2. The van der Waals surface area contributed by atoms with Gasteiger partial charge in [0, 0.05) is 30.9 Å². The third-order valence-corrected chi connectivity index (χ3v) is 4.39. The van der Waals surface area contributed by atoms with Gasteiger partial charge in [-0.15, -0.1) is 0 Å². The Morgan fingerprint density at radius 3 is 2.11 bits per heavy atom. The van der Waals surface area contributed by atoms with E-state index in [0.29, 0.717) is 12.5 Å². The average molecular weight is 376 g/mol. The summed E-state index contributed by atoms with van der Waals surface area (Å²) in [5.74, 6) is 1.44. The molecule has 0 aliphatic carbocycles. The highest BCUT2D eigenvalue weighted by molar-refractivity contribution is 5.89. The van der Waals surface area contributed by atoms with Crippen molar-refractivity contribution in [2.24, 2.45) is 0 Å². The summed E-state index contributed by atoms with van der Waals surface area (Å²) in [6.07, 6.45) is 7.77. The molecular weight excluding hydrogens is 352 g/mol. The van der Waals surface area contributed by atoms with Crippen LogP contribution in [-0.4, -0.2) is 42.6 Å². The molecule has 4 aromatic rings. The second kappa shape index (κ2) is 8.08. The van der Waals surface area contributed by atoms with Gasteiger partial charge in [0.15, 0.2) is 0 Å². The van der Waals surface area contributed by atoms with Gasteiger partial charge in [-0.2, -0.15) is 15.2 Å². The quantitative estimate of drug-likeness (QED) is 0.492. The van der Waals surface area contributed by atoms with E-state index in [0.717, 1.165) is 47.5 Å². The van der Waals surface area contributed by atoms with Crippen molar-refractivity contribution >= 4 is 22.7 Å². The fraction of sp³-hybridized carbons (Fsp3) is 0.300. The van der Waals surface area contributed by atoms with Crippen LogP contribution in [0.1, 0.15) is 11.1 Å². The number of hydrogen-bond donors (Lipinski definition) is 2. The maximum absolute atomic E-state index is 4.68. The summed E-state index contributed by atoms with van der Waals surface area (Å²) in [4.78, 5) is 9.31. The third kappa shape index (κ3) is 4.28. The molecule has 0 unspecified atom stereocenters. The van der Waals surface area contributed by atoms with Crippen LogP contribution in [0.5, 0.6) is 0 Å². The van der Waals surface area contributed by atoms with Crippen LogP contribution in [0.4, 0.5) is 11.8 Å². The number of hydrogen-bond acceptors (Lipinski definition) is 6. The predicted molar refractivity (Wildman–Crippen MR) is 110 cm³/mol. The summed E-state index contributed by atoms with van der Waals surface area (Å²) in [5.41, 5.74) is 3.22. The molecule has 0 fully saturated rings. The Bertz CT molecular complexity index is 1060. The van der Waals surface area contributed by atoms with E-state index in [4.69, 9.17) is 0 Å². The summed E-state index contributed by atoms with van der Waals surface area (Å²) < 4.78 is 3.84. The van der Waals surface area contributed by atoms with Gasteiger partial charge in [0.1, 0.15) is 5.82 Å². The monoisotopic (exact) mass is 376 g/mol. The number of benzene rings is 1. The number of aryl methyl sites for hydroxylation is 2. The maximum Gasteiger partial charge on any atom is 0.225 e. The largest absolute Gasteiger partial charge is 0.368 e. The van der Waals surface area contributed by atoms with Crippen LogP contribution in [0.3, 0.4) is 0 Å². The molecule has 8 nitrogen and oxygen atoms in total. The summed E-state index contributed by atoms with van der Waals surface area (Å²) in [6, 6.07) is 8.02. The first-order chi connectivity index (χ1) is 13.7. The minimum atomic E-state index is 0.611. The highest BCUT2D eigenvalue weighted by Gasteiger charge is 2.07. The standard InChI is InChI=1S/C20H24N8/c1-15-11-23-27(13-15)9-7-21-19-17-5-3-4-6-18(17)25-20(26-19)22-8-10-28-14-16(2)12-24-28/h3-6,11-14H,7-10H2,1-2H3,(H2,21,22,25,26). The van der Waals surface area contributed by atoms with E-state index in [9.17, 15) is 0 Å². The number of nitrogens with zero attached hydrogens (tertiary/aromatic N) is 6. The van der Waals surface area contributed by atoms with Crippen LogP contribution < -0.4 is 10.6 Å². The number of fused-ring (bicyclic) bond motifs is 1. The molecule has 0 aliphatic heterocycles. The number of anilines is 2. The molecule has 3 aromatic heterocycles. The molecule has 0 saturated carbocycles. The first-order valence-electron chi connectivity index (χ1n) is 9.40. The molecule has 8 heteroatoms. The van der Waals surface area contributed by atoms with Crippen molar-refractivity contribution in [1.82, 2.24) is 29.5 Å². The summed E-state index contributed by atoms with van der Waals surface area (Å²) in [5, 5.41) is 16.4. The highest BCUT2D eigenvalue weighted by Crippen LogP contribution is 2.21. The van der Waals surface area contributed by atoms with Crippen molar-refractivity contribution in [2.45, 2.75) is 26.9 Å². The van der Waals surface area contributed by atoms with Gasteiger partial charge in [0.25, 0.3) is 0 Å². The van der Waals surface area contributed by atoms with E-state index < -0.39 is 0 Å². The zero-order chi connectivity index (χ0) is 19.3. The molecule has 1 aromatic carbocycles. The van der Waals surface area contributed by atoms with Crippen LogP contribution in [0.2, 0.25) is 0 Å². The van der Waals surface area contributed by atoms with Gasteiger partial charge < -0.3 is 10.6 Å². The Balaban J connectivity index is 1.44. The van der Waals surface area contributed by atoms with Crippen LogP contribution in [0.15, 0.2) is 49.1 Å². The van der Waals surface area contributed by atoms with Crippen molar-refractivity contribution < 1.29 is 0 Å². The second-order valence-corrected chi connectivity index (χ2v) is 6.83. The van der Waals surface area contributed by atoms with Crippen molar-refractivity contribution in [2.75, 3.05) is 23.7 Å². The molecule has 0 amide bonds. The lowest BCUT2D eigenvalue weighted by Gasteiger charge is -2.12. The summed E-state index contributed by atoms with van der Waals surface area (Å²) in [6.45, 7) is 7.03. The first-order valence-corrected chi connectivity index (χ1v) is 9.40. The lowest BCUT2D eigenvalue weighted by molar-refractivity contribution is 0.634. The first kappa shape index (κ1) is 18.0. The minimum absolute atomic E-state index is 0.611. The minimum Gasteiger partial charge on any atom is -0.368 e. The van der Waals surface area contributed by atoms with E-state index in [2.05, 4.69) is 30.8 Å². The van der Waals surface area contributed by atoms with Crippen LogP contribution in [0.25, 0.3) is 10.9 Å². The molecule has 0 atom stereocenters. The molecule has 144 valence electrons. The van der Waals surface area contributed by atoms with Gasteiger partial charge in [-0.25, -0.2) is 4.98 Å². The zero-order valence-corrected chi connectivity index (χ0v) is 16.1. The van der Waals surface area contributed by atoms with Crippen LogP contribution >= 0.6 is 0 Å². The van der Waals surface area contributed by atoms with Gasteiger partial charge in [0.2, 0.25) is 5.95 Å². The average Bonchev–Trinajstić information content (AvgIpc) is 3.29. The lowest BCUT2D eigenvalue weighted by Crippen LogP contribution is -2.15. The van der Waals surface area contributed by atoms with E-state index in [1.165, 1.54) is 0 Å². The fourth-order valence-electron chi connectivity index (χ4n) is 3.04. The Labute approximate surface area is 163 Å². The number of rotatable bonds is 8. The SMILES string of the molecule is Cc1cnn(CCNc2nc(NCCn3cc(C)cn3)c3ccccc3n2)c1. The lowest BCUT2D eigenvalue weighted by atomic mass is 10.2. The van der Waals surface area contributed by atoms with Crippen molar-refractivity contribution in [3.8, 4) is 0 Å². The molecule has 2 N–H and O–H groups in total. The van der Waals surface area contributed by atoms with E-state index in [1.54, 1.807) is 0 Å². The molecule has 28 heavy (non-hydrogen) atoms. The smallest absolute Gasteiger partial charge is 0.225 e. The molecule has 0 bridgehead atoms. The Morgan fingerprint density at radius 2 is 1.46 bits per heavy atom. The Kier molecular flexibility index (Phi) is 5.18. The number of aromatic nitrogens is 6. The van der Waals surface area contributed by atoms with Gasteiger partial charge in [-0.05, 0) is 37.1 Å². The second-order valence-electron chi connectivity index (χ2n) is 6.83. The van der Waals surface area contributed by atoms with Gasteiger partial charge >= 0.3 is 0 Å². The fourth-order valence-corrected chi connectivity index (χ4v) is 3.04. The molecular formula is C20H24N8. The van der Waals surface area contributed by atoms with Crippen LogP contribution in [-0.2, 0) is 13.1 Å². The van der Waals surface area contributed by atoms with E-state index in [-0.39, 0.29) is 0 Å². The zero-order valence-electron chi connectivity index (χ0n) is 16.1. The Hall–Kier alpha value is -3.42. The van der Waals surface area contributed by atoms with Crippen LogP contribution in [0, 0.1) is 13.8 Å². The summed E-state index contributed by atoms with van der Waals surface area (Å²) >= 11 is 0. The van der Waals surface area contributed by atoms with Crippen molar-refractivity contribution in [1.29, 1.82) is 0 Å². The van der Waals surface area contributed by atoms with Gasteiger partial charge in [-0.3, -0.25) is 9.36 Å². The predicted octanol–water partition coefficient (Wildman–Crippen LogP) is 2.86. The molecule has 0 spiro atoms. The van der Waals surface area contributed by atoms with Crippen molar-refractivity contribution in [3.63, 3.8) is 0 Å². The van der Waals surface area contributed by atoms with Gasteiger partial charge in [0.05, 0.1) is 31.0 Å². The third-order valence-electron chi connectivity index (χ3n) is 4.39. The highest BCUT2D eigenvalue weighted by atomic mass is 15.3. The van der Waals surface area contributed by atoms with E-state index in [1.807, 2.05) is 72.3 Å². The van der Waals surface area contributed by atoms with E-state index >= 15 is 0 Å². The van der Waals surface area contributed by atoms with Crippen molar-refractivity contribution in [3.05, 3.63) is 60.2 Å². The Morgan fingerprint density at radius 1 is 0.821 bits per heavy atom. The number of para-hydroxylation sites is 1. The topological polar surface area (TPSA) is 85.5 Å². The van der Waals surface area contributed by atoms with Gasteiger partial charge in [-0.1, -0.05) is 12.1 Å². The summed E-state index contributed by atoms with van der Waals surface area (Å²) in [7, 11) is 0. The normalized spacial score (nSPS) is 11.1. The molecule has 0 aliphatic rings.